The number of β-lactam (4-membered cyclic amide) rings is 1. The normalized spacial score (nSPS) is 22.5. The van der Waals surface area contributed by atoms with E-state index in [1.165, 1.54) is 0 Å². The lowest BCUT2D eigenvalue weighted by Crippen LogP contribution is -2.71. The summed E-state index contributed by atoms with van der Waals surface area (Å²) < 4.78 is 9.44. The highest BCUT2D eigenvalue weighted by atomic mass is 16.6. The largest absolute Gasteiger partial charge is 0.447 e. The Morgan fingerprint density at radius 1 is 1.47 bits per heavy atom. The number of hydroxylamine groups is 2. The standard InChI is InChI=1S/C10H17N3O6/c1-10(2,3)19-9(16)12-6-5(4-18-8(11)15)13(17)7(6)14/h5-6,17H,4H2,1-3H3,(H2,11,15)(H,12,16)/t5-,6+/m1/s1. The number of nitrogens with one attached hydrogen (secondary N) is 1. The van der Waals surface area contributed by atoms with Crippen LogP contribution in [0.3, 0.4) is 0 Å². The van der Waals surface area contributed by atoms with E-state index in [0.717, 1.165) is 0 Å². The van der Waals surface area contributed by atoms with Crippen LogP contribution in [0.4, 0.5) is 9.59 Å². The molecular weight excluding hydrogens is 258 g/mol. The molecule has 4 N–H and O–H groups in total. The molecule has 1 rings (SSSR count). The zero-order chi connectivity index (χ0) is 14.8. The fraction of sp³-hybridized carbons (Fsp3) is 0.700. The lowest BCUT2D eigenvalue weighted by atomic mass is 9.99. The molecule has 0 aliphatic carbocycles. The molecule has 0 radical (unpaired) electrons. The van der Waals surface area contributed by atoms with Crippen molar-refractivity contribution in [1.29, 1.82) is 0 Å². The minimum Gasteiger partial charge on any atom is -0.447 e. The number of nitrogens with zero attached hydrogens (tertiary/aromatic N) is 1. The van der Waals surface area contributed by atoms with Gasteiger partial charge in [0.15, 0.2) is 0 Å². The first-order valence-corrected chi connectivity index (χ1v) is 5.55. The SMILES string of the molecule is CC(C)(C)OC(=O)N[C@@H]1C(=O)N(O)[C@@H]1COC(N)=O. The molecule has 0 aromatic carbocycles. The number of hydrogen-bond acceptors (Lipinski definition) is 6. The number of nitrogens with two attached hydrogens (primary N) is 1. The van der Waals surface area contributed by atoms with Crippen LogP contribution in [0.5, 0.6) is 0 Å². The third kappa shape index (κ3) is 3.98. The molecule has 1 fully saturated rings. The van der Waals surface area contributed by atoms with Crippen LogP contribution in [0.2, 0.25) is 0 Å². The highest BCUT2D eigenvalue weighted by Gasteiger charge is 2.49. The van der Waals surface area contributed by atoms with Gasteiger partial charge in [-0.25, -0.2) is 14.7 Å². The van der Waals surface area contributed by atoms with Gasteiger partial charge in [0.25, 0.3) is 5.91 Å². The van der Waals surface area contributed by atoms with Crippen LogP contribution in [0.15, 0.2) is 0 Å². The molecular formula is C10H17N3O6. The second kappa shape index (κ2) is 5.31. The number of amides is 3. The van der Waals surface area contributed by atoms with Crippen LogP contribution in [0, 0.1) is 0 Å². The lowest BCUT2D eigenvalue weighted by molar-refractivity contribution is -0.214. The predicted molar refractivity (Wildman–Crippen MR) is 61.1 cm³/mol. The second-order valence-corrected chi connectivity index (χ2v) is 5.00. The summed E-state index contributed by atoms with van der Waals surface area (Å²) in [4.78, 5) is 33.3. The van der Waals surface area contributed by atoms with Gasteiger partial charge in [0.05, 0.1) is 0 Å². The fourth-order valence-corrected chi connectivity index (χ4v) is 1.46. The molecule has 0 aromatic rings. The Hall–Kier alpha value is -2.03. The van der Waals surface area contributed by atoms with E-state index < -0.39 is 35.8 Å². The Bertz CT molecular complexity index is 391. The number of alkyl carbamates (subject to hydrolysis) is 1. The van der Waals surface area contributed by atoms with Crippen molar-refractivity contribution in [1.82, 2.24) is 10.4 Å². The van der Waals surface area contributed by atoms with Gasteiger partial charge in [-0.1, -0.05) is 0 Å². The van der Waals surface area contributed by atoms with Crippen molar-refractivity contribution >= 4 is 18.1 Å². The van der Waals surface area contributed by atoms with E-state index in [0.29, 0.717) is 5.06 Å². The summed E-state index contributed by atoms with van der Waals surface area (Å²) in [6.07, 6.45) is -1.84. The summed E-state index contributed by atoms with van der Waals surface area (Å²) in [7, 11) is 0. The maximum atomic E-state index is 11.5. The maximum absolute atomic E-state index is 11.5. The van der Waals surface area contributed by atoms with Crippen molar-refractivity contribution in [3.8, 4) is 0 Å². The Balaban J connectivity index is 2.53. The Morgan fingerprint density at radius 3 is 2.53 bits per heavy atom. The number of hydrogen-bond donors (Lipinski definition) is 3. The van der Waals surface area contributed by atoms with E-state index in [9.17, 15) is 19.6 Å². The summed E-state index contributed by atoms with van der Waals surface area (Å²) in [5, 5.41) is 11.9. The van der Waals surface area contributed by atoms with Crippen LogP contribution < -0.4 is 11.1 Å². The van der Waals surface area contributed by atoms with Crippen molar-refractivity contribution < 1.29 is 29.1 Å². The first-order valence-electron chi connectivity index (χ1n) is 5.55. The molecule has 9 nitrogen and oxygen atoms in total. The fourth-order valence-electron chi connectivity index (χ4n) is 1.46. The number of carbonyl (C=O) groups excluding carboxylic acids is 3. The van der Waals surface area contributed by atoms with E-state index in [1.54, 1.807) is 20.8 Å². The van der Waals surface area contributed by atoms with Crippen molar-refractivity contribution in [2.75, 3.05) is 6.61 Å². The van der Waals surface area contributed by atoms with Crippen molar-refractivity contribution in [2.24, 2.45) is 5.73 Å². The average Bonchev–Trinajstić information content (AvgIpc) is 2.24. The van der Waals surface area contributed by atoms with Gasteiger partial charge in [-0.2, -0.15) is 0 Å². The molecule has 108 valence electrons. The van der Waals surface area contributed by atoms with Gasteiger partial charge in [-0.15, -0.1) is 0 Å². The number of ether oxygens (including phenoxy) is 2. The summed E-state index contributed by atoms with van der Waals surface area (Å²) in [5.74, 6) is -0.719. The van der Waals surface area contributed by atoms with E-state index in [2.05, 4.69) is 10.1 Å². The molecule has 1 aliphatic heterocycles. The Labute approximate surface area is 109 Å². The number of carbonyl (C=O) groups is 3. The molecule has 0 unspecified atom stereocenters. The predicted octanol–water partition coefficient (Wildman–Crippen LogP) is -0.425. The van der Waals surface area contributed by atoms with Gasteiger partial charge in [0, 0.05) is 0 Å². The third-order valence-electron chi connectivity index (χ3n) is 2.26. The zero-order valence-electron chi connectivity index (χ0n) is 10.9. The third-order valence-corrected chi connectivity index (χ3v) is 2.26. The van der Waals surface area contributed by atoms with Crippen LogP contribution in [0.25, 0.3) is 0 Å². The first-order chi connectivity index (χ1) is 8.61. The van der Waals surface area contributed by atoms with Crippen molar-refractivity contribution in [3.05, 3.63) is 0 Å². The van der Waals surface area contributed by atoms with Gasteiger partial charge in [0.2, 0.25) is 0 Å². The van der Waals surface area contributed by atoms with Gasteiger partial charge < -0.3 is 20.5 Å². The molecule has 1 saturated heterocycles. The van der Waals surface area contributed by atoms with E-state index in [1.807, 2.05) is 0 Å². The first kappa shape index (κ1) is 15.0. The van der Waals surface area contributed by atoms with E-state index in [4.69, 9.17) is 10.5 Å². The molecule has 0 saturated carbocycles. The van der Waals surface area contributed by atoms with Crippen molar-refractivity contribution in [3.63, 3.8) is 0 Å². The van der Waals surface area contributed by atoms with E-state index in [-0.39, 0.29) is 6.61 Å². The van der Waals surface area contributed by atoms with Gasteiger partial charge in [0.1, 0.15) is 24.3 Å². The molecule has 0 aromatic heterocycles. The van der Waals surface area contributed by atoms with Crippen molar-refractivity contribution in [2.45, 2.75) is 38.5 Å². The molecule has 2 atom stereocenters. The van der Waals surface area contributed by atoms with E-state index >= 15 is 0 Å². The van der Waals surface area contributed by atoms with Crippen LogP contribution >= 0.6 is 0 Å². The highest BCUT2D eigenvalue weighted by Crippen LogP contribution is 2.18. The topological polar surface area (TPSA) is 131 Å². The monoisotopic (exact) mass is 275 g/mol. The molecule has 1 heterocycles. The minimum atomic E-state index is -1.04. The van der Waals surface area contributed by atoms with Crippen LogP contribution in [-0.2, 0) is 14.3 Å². The molecule has 19 heavy (non-hydrogen) atoms. The smallest absolute Gasteiger partial charge is 0.408 e. The molecule has 0 bridgehead atoms. The molecule has 1 aliphatic rings. The quantitative estimate of drug-likeness (QED) is 0.473. The number of primary amides is 1. The summed E-state index contributed by atoms with van der Waals surface area (Å²) in [6.45, 7) is 4.68. The minimum absolute atomic E-state index is 0.321. The number of rotatable bonds is 3. The molecule has 0 spiro atoms. The Kier molecular flexibility index (Phi) is 4.20. The van der Waals surface area contributed by atoms with Crippen LogP contribution in [0.1, 0.15) is 20.8 Å². The molecule has 3 amide bonds. The zero-order valence-corrected chi connectivity index (χ0v) is 10.9. The highest BCUT2D eigenvalue weighted by molar-refractivity contribution is 5.91. The lowest BCUT2D eigenvalue weighted by Gasteiger charge is -2.41. The summed E-state index contributed by atoms with van der Waals surface area (Å²) in [6, 6.07) is -1.90. The second-order valence-electron chi connectivity index (χ2n) is 5.00. The maximum Gasteiger partial charge on any atom is 0.408 e. The van der Waals surface area contributed by atoms with Crippen LogP contribution in [-0.4, -0.2) is 52.7 Å². The Morgan fingerprint density at radius 2 is 2.05 bits per heavy atom. The average molecular weight is 275 g/mol. The van der Waals surface area contributed by atoms with Gasteiger partial charge in [-0.3, -0.25) is 10.0 Å². The summed E-state index contributed by atoms with van der Waals surface area (Å²) in [5.41, 5.74) is 4.06. The summed E-state index contributed by atoms with van der Waals surface area (Å²) >= 11 is 0. The van der Waals surface area contributed by atoms with Gasteiger partial charge in [-0.05, 0) is 20.8 Å². The molecule has 9 heteroatoms. The van der Waals surface area contributed by atoms with Gasteiger partial charge >= 0.3 is 12.2 Å².